The molecule has 2 heterocycles. The number of hydrogen-bond donors (Lipinski definition) is 1. The summed E-state index contributed by atoms with van der Waals surface area (Å²) in [7, 11) is -3.61. The average Bonchev–Trinajstić information content (AvgIpc) is 3.24. The Bertz CT molecular complexity index is 889. The van der Waals surface area contributed by atoms with E-state index >= 15 is 0 Å². The lowest BCUT2D eigenvalue weighted by Crippen LogP contribution is -2.28. The summed E-state index contributed by atoms with van der Waals surface area (Å²) in [5.74, 6) is -0.446. The third-order valence-electron chi connectivity index (χ3n) is 3.92. The van der Waals surface area contributed by atoms with Crippen molar-refractivity contribution in [3.8, 4) is 5.75 Å². The Morgan fingerprint density at radius 2 is 1.96 bits per heavy atom. The molecule has 1 amide bonds. The van der Waals surface area contributed by atoms with Gasteiger partial charge in [0.2, 0.25) is 10.0 Å². The van der Waals surface area contributed by atoms with Gasteiger partial charge < -0.3 is 10.5 Å². The second kappa shape index (κ2) is 7.45. The Labute approximate surface area is 158 Å². The fourth-order valence-corrected chi connectivity index (χ4v) is 5.58. The monoisotopic (exact) mass is 444 g/mol. The molecule has 1 aliphatic rings. The van der Waals surface area contributed by atoms with Gasteiger partial charge in [0.05, 0.1) is 14.2 Å². The molecule has 25 heavy (non-hydrogen) atoms. The van der Waals surface area contributed by atoms with Crippen molar-refractivity contribution in [1.29, 1.82) is 0 Å². The molecule has 1 saturated heterocycles. The Balaban J connectivity index is 1.86. The van der Waals surface area contributed by atoms with E-state index in [1.165, 1.54) is 33.8 Å². The highest BCUT2D eigenvalue weighted by Gasteiger charge is 2.28. The summed E-state index contributed by atoms with van der Waals surface area (Å²) < 4.78 is 33.3. The second-order valence-corrected chi connectivity index (χ2v) is 10.1. The first-order valence-corrected chi connectivity index (χ1v) is 10.7. The van der Waals surface area contributed by atoms with Crippen molar-refractivity contribution in [1.82, 2.24) is 4.31 Å². The summed E-state index contributed by atoms with van der Waals surface area (Å²) in [5.41, 5.74) is 5.49. The van der Waals surface area contributed by atoms with Crippen molar-refractivity contribution in [3.63, 3.8) is 0 Å². The minimum Gasteiger partial charge on any atom is -0.487 e. The van der Waals surface area contributed by atoms with Crippen LogP contribution in [-0.2, 0) is 16.6 Å². The van der Waals surface area contributed by atoms with Crippen LogP contribution in [0.4, 0.5) is 0 Å². The Morgan fingerprint density at radius 1 is 1.24 bits per heavy atom. The van der Waals surface area contributed by atoms with E-state index in [2.05, 4.69) is 15.9 Å². The van der Waals surface area contributed by atoms with Gasteiger partial charge >= 0.3 is 0 Å². The molecular weight excluding hydrogens is 428 g/mol. The van der Waals surface area contributed by atoms with Crippen LogP contribution in [0.2, 0.25) is 0 Å². The zero-order chi connectivity index (χ0) is 18.0. The van der Waals surface area contributed by atoms with Crippen LogP contribution in [0.3, 0.4) is 0 Å². The summed E-state index contributed by atoms with van der Waals surface area (Å²) in [6, 6.07) is 8.07. The molecule has 134 valence electrons. The largest absolute Gasteiger partial charge is 0.487 e. The molecule has 0 spiro atoms. The van der Waals surface area contributed by atoms with Crippen molar-refractivity contribution < 1.29 is 17.9 Å². The van der Waals surface area contributed by atoms with Crippen LogP contribution in [0.5, 0.6) is 5.75 Å². The molecular formula is C16H17BrN2O4S2. The predicted octanol–water partition coefficient (Wildman–Crippen LogP) is 2.97. The van der Waals surface area contributed by atoms with E-state index in [0.717, 1.165) is 21.5 Å². The lowest BCUT2D eigenvalue weighted by atomic mass is 10.2. The van der Waals surface area contributed by atoms with Gasteiger partial charge in [-0.15, -0.1) is 11.3 Å². The van der Waals surface area contributed by atoms with Crippen molar-refractivity contribution in [2.45, 2.75) is 24.3 Å². The molecule has 0 saturated carbocycles. The van der Waals surface area contributed by atoms with Crippen LogP contribution in [0.15, 0.2) is 39.0 Å². The molecule has 0 unspecified atom stereocenters. The van der Waals surface area contributed by atoms with E-state index in [0.29, 0.717) is 13.1 Å². The van der Waals surface area contributed by atoms with Gasteiger partial charge in [0.1, 0.15) is 12.4 Å². The molecule has 3 rings (SSSR count). The zero-order valence-electron chi connectivity index (χ0n) is 13.3. The molecule has 0 atom stereocenters. The molecule has 2 N–H and O–H groups in total. The molecule has 0 bridgehead atoms. The van der Waals surface area contributed by atoms with E-state index in [9.17, 15) is 13.2 Å². The molecule has 1 aromatic heterocycles. The highest BCUT2D eigenvalue weighted by atomic mass is 79.9. The van der Waals surface area contributed by atoms with Crippen molar-refractivity contribution in [2.24, 2.45) is 5.73 Å². The number of thiophene rings is 1. The molecule has 0 aliphatic carbocycles. The minimum atomic E-state index is -3.61. The van der Waals surface area contributed by atoms with Crippen molar-refractivity contribution >= 4 is 43.2 Å². The average molecular weight is 445 g/mol. The van der Waals surface area contributed by atoms with Gasteiger partial charge in [-0.3, -0.25) is 4.79 Å². The minimum absolute atomic E-state index is 0.0643. The summed E-state index contributed by atoms with van der Waals surface area (Å²) >= 11 is 4.90. The summed E-state index contributed by atoms with van der Waals surface area (Å²) in [4.78, 5) is 12.8. The number of primary amides is 1. The number of rotatable bonds is 6. The number of nitrogens with two attached hydrogens (primary N) is 1. The molecule has 0 radical (unpaired) electrons. The quantitative estimate of drug-likeness (QED) is 0.741. The first-order chi connectivity index (χ1) is 11.9. The number of sulfonamides is 1. The van der Waals surface area contributed by atoms with Gasteiger partial charge in [-0.1, -0.05) is 0 Å². The van der Waals surface area contributed by atoms with E-state index in [1.807, 2.05) is 12.1 Å². The van der Waals surface area contributed by atoms with E-state index in [4.69, 9.17) is 10.5 Å². The van der Waals surface area contributed by atoms with Gasteiger partial charge in [0.15, 0.2) is 0 Å². The first-order valence-electron chi connectivity index (χ1n) is 7.69. The lowest BCUT2D eigenvalue weighted by molar-refractivity contribution is 0.0995. The van der Waals surface area contributed by atoms with Crippen LogP contribution in [-0.4, -0.2) is 31.7 Å². The third kappa shape index (κ3) is 4.05. The lowest BCUT2D eigenvalue weighted by Gasteiger charge is -2.17. The van der Waals surface area contributed by atoms with E-state index in [-0.39, 0.29) is 22.8 Å². The Hall–Kier alpha value is -1.42. The van der Waals surface area contributed by atoms with Gasteiger partial charge in [-0.2, -0.15) is 4.31 Å². The molecule has 2 aromatic rings. The maximum Gasteiger partial charge on any atom is 0.252 e. The predicted molar refractivity (Wildman–Crippen MR) is 99.3 cm³/mol. The highest BCUT2D eigenvalue weighted by Crippen LogP contribution is 2.28. The number of hydrogen-bond acceptors (Lipinski definition) is 5. The Morgan fingerprint density at radius 3 is 2.56 bits per heavy atom. The molecule has 1 aromatic carbocycles. The topological polar surface area (TPSA) is 89.7 Å². The van der Waals surface area contributed by atoms with Crippen LogP contribution >= 0.6 is 27.3 Å². The number of carbonyl (C=O) groups is 1. The van der Waals surface area contributed by atoms with Crippen LogP contribution in [0.1, 0.15) is 28.1 Å². The number of amides is 1. The number of carbonyl (C=O) groups excluding carboxylic acids is 1. The SMILES string of the molecule is NC(=O)c1cc(S(=O)(=O)N2CCCC2)ccc1OCc1ccc(Br)s1. The summed E-state index contributed by atoms with van der Waals surface area (Å²) in [6.45, 7) is 1.27. The van der Waals surface area contributed by atoms with Crippen LogP contribution in [0.25, 0.3) is 0 Å². The highest BCUT2D eigenvalue weighted by molar-refractivity contribution is 9.11. The third-order valence-corrected chi connectivity index (χ3v) is 7.41. The van der Waals surface area contributed by atoms with Gasteiger partial charge in [0, 0.05) is 18.0 Å². The van der Waals surface area contributed by atoms with E-state index < -0.39 is 15.9 Å². The standard InChI is InChI=1S/C16H17BrN2O4S2/c17-15-6-3-11(24-15)10-23-14-5-4-12(9-13(14)16(18)20)25(21,22)19-7-1-2-8-19/h3-6,9H,1-2,7-8,10H2,(H2,18,20). The maximum atomic E-state index is 12.6. The number of halogens is 1. The normalized spacial score (nSPS) is 15.4. The fraction of sp³-hybridized carbons (Fsp3) is 0.312. The zero-order valence-corrected chi connectivity index (χ0v) is 16.5. The van der Waals surface area contributed by atoms with Crippen LogP contribution < -0.4 is 10.5 Å². The summed E-state index contributed by atoms with van der Waals surface area (Å²) in [6.07, 6.45) is 1.69. The molecule has 1 aliphatic heterocycles. The second-order valence-electron chi connectivity index (χ2n) is 5.63. The molecule has 9 heteroatoms. The smallest absolute Gasteiger partial charge is 0.252 e. The Kier molecular flexibility index (Phi) is 5.47. The molecule has 6 nitrogen and oxygen atoms in total. The van der Waals surface area contributed by atoms with Gasteiger partial charge in [0.25, 0.3) is 5.91 Å². The van der Waals surface area contributed by atoms with E-state index in [1.54, 1.807) is 0 Å². The first kappa shape index (κ1) is 18.4. The van der Waals surface area contributed by atoms with Crippen molar-refractivity contribution in [2.75, 3.05) is 13.1 Å². The summed E-state index contributed by atoms with van der Waals surface area (Å²) in [5, 5.41) is 0. The fourth-order valence-electron chi connectivity index (χ4n) is 2.64. The van der Waals surface area contributed by atoms with Gasteiger partial charge in [-0.25, -0.2) is 8.42 Å². The van der Waals surface area contributed by atoms with Crippen molar-refractivity contribution in [3.05, 3.63) is 44.6 Å². The number of nitrogens with zero attached hydrogens (tertiary/aromatic N) is 1. The van der Waals surface area contributed by atoms with Crippen LogP contribution in [0, 0.1) is 0 Å². The molecule has 1 fully saturated rings. The maximum absolute atomic E-state index is 12.6. The van der Waals surface area contributed by atoms with Gasteiger partial charge in [-0.05, 0) is 59.1 Å². The number of benzene rings is 1. The number of ether oxygens (including phenoxy) is 1.